The van der Waals surface area contributed by atoms with Crippen molar-refractivity contribution in [3.05, 3.63) is 132 Å². The van der Waals surface area contributed by atoms with Gasteiger partial charge in [-0.2, -0.15) is 0 Å². The Morgan fingerprint density at radius 1 is 0.839 bits per heavy atom. The third-order valence-corrected chi connectivity index (χ3v) is 5.38. The van der Waals surface area contributed by atoms with Crippen LogP contribution in [0.4, 0.5) is 0 Å². The number of rotatable bonds is 8. The van der Waals surface area contributed by atoms with Crippen molar-refractivity contribution in [1.29, 1.82) is 0 Å². The van der Waals surface area contributed by atoms with Crippen LogP contribution in [0.5, 0.6) is 0 Å². The summed E-state index contributed by atoms with van der Waals surface area (Å²) in [7, 11) is 0. The number of aromatic nitrogens is 2. The molecule has 0 aliphatic rings. The number of hydrogen-bond donors (Lipinski definition) is 1. The summed E-state index contributed by atoms with van der Waals surface area (Å²) in [4.78, 5) is 15.4. The van der Waals surface area contributed by atoms with Gasteiger partial charge in [0.1, 0.15) is 5.54 Å². The number of imidazole rings is 1. The highest BCUT2D eigenvalue weighted by Crippen LogP contribution is 2.40. The van der Waals surface area contributed by atoms with Crippen LogP contribution in [0.25, 0.3) is 6.08 Å². The fourth-order valence-electron chi connectivity index (χ4n) is 4.00. The molecule has 0 unspecified atom stereocenters. The molecule has 31 heavy (non-hydrogen) atoms. The van der Waals surface area contributed by atoms with E-state index in [1.165, 1.54) is 0 Å². The molecule has 4 heteroatoms. The fourth-order valence-corrected chi connectivity index (χ4v) is 4.00. The molecule has 154 valence electrons. The lowest BCUT2D eigenvalue weighted by Gasteiger charge is -2.37. The molecule has 3 aromatic carbocycles. The number of allylic oxidation sites excluding steroid dienone is 1. The maximum absolute atomic E-state index is 10.8. The molecule has 1 heterocycles. The number of aliphatic carboxylic acids is 1. The van der Waals surface area contributed by atoms with E-state index < -0.39 is 11.5 Å². The van der Waals surface area contributed by atoms with Gasteiger partial charge in [0.2, 0.25) is 0 Å². The van der Waals surface area contributed by atoms with Crippen LogP contribution in [0.2, 0.25) is 0 Å². The van der Waals surface area contributed by atoms with E-state index in [1.807, 2.05) is 42.9 Å². The Balaban J connectivity index is 1.89. The summed E-state index contributed by atoms with van der Waals surface area (Å²) in [5.74, 6) is -0.800. The third kappa shape index (κ3) is 4.19. The molecule has 0 atom stereocenters. The van der Waals surface area contributed by atoms with Crippen LogP contribution in [0.15, 0.2) is 110 Å². The molecule has 0 bridgehead atoms. The molecule has 0 spiro atoms. The van der Waals surface area contributed by atoms with Crippen molar-refractivity contribution in [2.75, 3.05) is 0 Å². The Morgan fingerprint density at radius 2 is 1.32 bits per heavy atom. The molecule has 1 aromatic heterocycles. The van der Waals surface area contributed by atoms with Crippen molar-refractivity contribution in [2.45, 2.75) is 18.4 Å². The van der Waals surface area contributed by atoms with Crippen LogP contribution < -0.4 is 0 Å². The molecular weight excluding hydrogens is 384 g/mol. The SMILES string of the molecule is O=C(O)CC/C=C/c1cn(C(c2ccccc2)(c2ccccc2)c2ccccc2)cn1. The van der Waals surface area contributed by atoms with Gasteiger partial charge < -0.3 is 9.67 Å². The first-order valence-corrected chi connectivity index (χ1v) is 10.3. The predicted octanol–water partition coefficient (Wildman–Crippen LogP) is 5.60. The summed E-state index contributed by atoms with van der Waals surface area (Å²) in [6.45, 7) is 0. The van der Waals surface area contributed by atoms with E-state index in [4.69, 9.17) is 5.11 Å². The Kier molecular flexibility index (Phi) is 6.08. The van der Waals surface area contributed by atoms with Crippen LogP contribution in [-0.2, 0) is 10.3 Å². The van der Waals surface area contributed by atoms with E-state index in [0.29, 0.717) is 6.42 Å². The third-order valence-electron chi connectivity index (χ3n) is 5.38. The molecule has 0 saturated carbocycles. The summed E-state index contributed by atoms with van der Waals surface area (Å²) in [5.41, 5.74) is 3.59. The first kappa shape index (κ1) is 20.4. The Labute approximate surface area is 182 Å². The molecule has 0 fully saturated rings. The zero-order valence-corrected chi connectivity index (χ0v) is 17.1. The largest absolute Gasteiger partial charge is 0.481 e. The maximum atomic E-state index is 10.8. The minimum Gasteiger partial charge on any atom is -0.481 e. The van der Waals surface area contributed by atoms with Crippen molar-refractivity contribution in [2.24, 2.45) is 0 Å². The number of hydrogen-bond acceptors (Lipinski definition) is 2. The predicted molar refractivity (Wildman–Crippen MR) is 123 cm³/mol. The topological polar surface area (TPSA) is 55.1 Å². The van der Waals surface area contributed by atoms with Gasteiger partial charge in [0.15, 0.2) is 0 Å². The Morgan fingerprint density at radius 3 is 1.77 bits per heavy atom. The first-order valence-electron chi connectivity index (χ1n) is 10.3. The molecule has 4 rings (SSSR count). The summed E-state index contributed by atoms with van der Waals surface area (Å²) in [6.07, 6.45) is 8.19. The molecule has 1 N–H and O–H groups in total. The Hall–Kier alpha value is -3.92. The highest BCUT2D eigenvalue weighted by Gasteiger charge is 2.38. The van der Waals surface area contributed by atoms with E-state index >= 15 is 0 Å². The number of benzene rings is 3. The van der Waals surface area contributed by atoms with Gasteiger partial charge in [-0.15, -0.1) is 0 Å². The van der Waals surface area contributed by atoms with Gasteiger partial charge in [-0.05, 0) is 29.2 Å². The number of carboxylic acid groups (broad SMARTS) is 1. The minimum atomic E-state index is -0.800. The zero-order valence-electron chi connectivity index (χ0n) is 17.1. The summed E-state index contributed by atoms with van der Waals surface area (Å²) >= 11 is 0. The fraction of sp³-hybridized carbons (Fsp3) is 0.111. The second-order valence-electron chi connectivity index (χ2n) is 7.35. The molecule has 4 nitrogen and oxygen atoms in total. The maximum Gasteiger partial charge on any atom is 0.303 e. The number of carboxylic acids is 1. The van der Waals surface area contributed by atoms with Crippen molar-refractivity contribution < 1.29 is 9.90 Å². The second-order valence-corrected chi connectivity index (χ2v) is 7.35. The van der Waals surface area contributed by atoms with Gasteiger partial charge in [0.05, 0.1) is 12.0 Å². The van der Waals surface area contributed by atoms with E-state index in [1.54, 1.807) is 0 Å². The van der Waals surface area contributed by atoms with Gasteiger partial charge in [-0.3, -0.25) is 4.79 Å². The summed E-state index contributed by atoms with van der Waals surface area (Å²) in [5, 5.41) is 8.85. The molecule has 0 aliphatic carbocycles. The second kappa shape index (κ2) is 9.26. The van der Waals surface area contributed by atoms with E-state index in [0.717, 1.165) is 22.4 Å². The molecule has 0 radical (unpaired) electrons. The summed E-state index contributed by atoms with van der Waals surface area (Å²) in [6, 6.07) is 31.2. The average molecular weight is 409 g/mol. The van der Waals surface area contributed by atoms with Crippen molar-refractivity contribution in [3.8, 4) is 0 Å². The normalized spacial score (nSPS) is 11.6. The first-order chi connectivity index (χ1) is 15.2. The lowest BCUT2D eigenvalue weighted by atomic mass is 9.77. The smallest absolute Gasteiger partial charge is 0.303 e. The molecule has 0 aliphatic heterocycles. The summed E-state index contributed by atoms with van der Waals surface area (Å²) < 4.78 is 2.14. The standard InChI is InChI=1S/C27H24N2O2/c30-26(31)19-11-10-18-25-20-29(21-28-25)27(22-12-4-1-5-13-22,23-14-6-2-7-15-23)24-16-8-3-9-17-24/h1-10,12-18,20-21H,11,19H2,(H,30,31)/b18-10+. The van der Waals surface area contributed by atoms with Gasteiger partial charge in [0.25, 0.3) is 0 Å². The lowest BCUT2D eigenvalue weighted by Crippen LogP contribution is -2.36. The van der Waals surface area contributed by atoms with E-state index in [-0.39, 0.29) is 6.42 Å². The quantitative estimate of drug-likeness (QED) is 0.386. The van der Waals surface area contributed by atoms with Gasteiger partial charge in [-0.1, -0.05) is 97.1 Å². The average Bonchev–Trinajstić information content (AvgIpc) is 3.28. The van der Waals surface area contributed by atoms with Crippen molar-refractivity contribution in [1.82, 2.24) is 9.55 Å². The zero-order chi connectivity index (χ0) is 21.5. The molecular formula is C27H24N2O2. The van der Waals surface area contributed by atoms with Crippen molar-refractivity contribution in [3.63, 3.8) is 0 Å². The van der Waals surface area contributed by atoms with Crippen LogP contribution in [0, 0.1) is 0 Å². The van der Waals surface area contributed by atoms with Gasteiger partial charge >= 0.3 is 5.97 Å². The molecule has 0 amide bonds. The Bertz CT molecular complexity index is 1050. The molecule has 0 saturated heterocycles. The highest BCUT2D eigenvalue weighted by atomic mass is 16.4. The van der Waals surface area contributed by atoms with Crippen molar-refractivity contribution >= 4 is 12.0 Å². The lowest BCUT2D eigenvalue weighted by molar-refractivity contribution is -0.136. The number of carbonyl (C=O) groups is 1. The van der Waals surface area contributed by atoms with Crippen LogP contribution in [0.3, 0.4) is 0 Å². The minimum absolute atomic E-state index is 0.110. The van der Waals surface area contributed by atoms with E-state index in [2.05, 4.69) is 82.3 Å². The van der Waals surface area contributed by atoms with Crippen LogP contribution >= 0.6 is 0 Å². The highest BCUT2D eigenvalue weighted by molar-refractivity contribution is 5.67. The molecule has 4 aromatic rings. The van der Waals surface area contributed by atoms with Crippen LogP contribution in [0.1, 0.15) is 35.2 Å². The van der Waals surface area contributed by atoms with Gasteiger partial charge in [0, 0.05) is 12.6 Å². The van der Waals surface area contributed by atoms with Gasteiger partial charge in [-0.25, -0.2) is 4.98 Å². The monoisotopic (exact) mass is 408 g/mol. The van der Waals surface area contributed by atoms with Crippen LogP contribution in [-0.4, -0.2) is 20.6 Å². The van der Waals surface area contributed by atoms with E-state index in [9.17, 15) is 4.79 Å². The number of nitrogens with zero attached hydrogens (tertiary/aromatic N) is 2.